The number of tetrazole rings is 1. The number of thioether (sulfide) groups is 1. The Morgan fingerprint density at radius 3 is 3.05 bits per heavy atom. The summed E-state index contributed by atoms with van der Waals surface area (Å²) in [6, 6.07) is 1.97. The second-order valence-electron chi connectivity index (χ2n) is 4.97. The number of thiophene rings is 1. The van der Waals surface area contributed by atoms with Crippen LogP contribution >= 0.6 is 39.0 Å². The minimum absolute atomic E-state index is 0.482. The molecule has 0 fully saturated rings. The predicted octanol–water partition coefficient (Wildman–Crippen LogP) is 3.50. The second kappa shape index (κ2) is 6.88. The highest BCUT2D eigenvalue weighted by Crippen LogP contribution is 2.28. The van der Waals surface area contributed by atoms with Crippen molar-refractivity contribution in [3.63, 3.8) is 0 Å². The standard InChI is InChI=1S/C12H13BrN6OS2/c1-7(2)4-19-12(15-17-18-19)22-6-10-14-11(16-20-10)9-3-8(13)5-21-9/h3,5,7H,4,6H2,1-2H3. The molecule has 0 aromatic carbocycles. The molecule has 0 spiro atoms. The van der Waals surface area contributed by atoms with E-state index in [0.717, 1.165) is 21.1 Å². The maximum absolute atomic E-state index is 5.28. The molecule has 116 valence electrons. The molecule has 3 aromatic heterocycles. The monoisotopic (exact) mass is 400 g/mol. The van der Waals surface area contributed by atoms with E-state index in [4.69, 9.17) is 4.52 Å². The lowest BCUT2D eigenvalue weighted by Gasteiger charge is -2.05. The van der Waals surface area contributed by atoms with E-state index in [2.05, 4.69) is 55.4 Å². The van der Waals surface area contributed by atoms with Crippen LogP contribution in [0, 0.1) is 5.92 Å². The molecule has 22 heavy (non-hydrogen) atoms. The summed E-state index contributed by atoms with van der Waals surface area (Å²) in [5.74, 6) is 2.18. The number of hydrogen-bond donors (Lipinski definition) is 0. The SMILES string of the molecule is CC(C)Cn1nnnc1SCc1nc(-c2cc(Br)cs2)no1. The summed E-state index contributed by atoms with van der Waals surface area (Å²) in [5, 5.41) is 18.5. The second-order valence-corrected chi connectivity index (χ2v) is 7.74. The normalized spacial score (nSPS) is 11.5. The van der Waals surface area contributed by atoms with Gasteiger partial charge >= 0.3 is 0 Å². The highest BCUT2D eigenvalue weighted by atomic mass is 79.9. The molecule has 0 aliphatic rings. The first-order valence-electron chi connectivity index (χ1n) is 6.58. The molecule has 0 saturated heterocycles. The fraction of sp³-hybridized carbons (Fsp3) is 0.417. The molecule has 0 radical (unpaired) electrons. The molecule has 7 nitrogen and oxygen atoms in total. The average molecular weight is 401 g/mol. The molecular formula is C12H13BrN6OS2. The van der Waals surface area contributed by atoms with Crippen molar-refractivity contribution < 1.29 is 4.52 Å². The lowest BCUT2D eigenvalue weighted by Crippen LogP contribution is -2.07. The fourth-order valence-corrected chi connectivity index (χ4v) is 3.81. The fourth-order valence-electron chi connectivity index (χ4n) is 1.73. The first-order valence-corrected chi connectivity index (χ1v) is 9.23. The van der Waals surface area contributed by atoms with Crippen LogP contribution in [0.3, 0.4) is 0 Å². The Bertz CT molecular complexity index is 752. The Morgan fingerprint density at radius 2 is 2.32 bits per heavy atom. The predicted molar refractivity (Wildman–Crippen MR) is 87.5 cm³/mol. The van der Waals surface area contributed by atoms with Gasteiger partial charge in [0.05, 0.1) is 10.6 Å². The maximum Gasteiger partial charge on any atom is 0.237 e. The minimum Gasteiger partial charge on any atom is -0.338 e. The van der Waals surface area contributed by atoms with Crippen LogP contribution in [0.2, 0.25) is 0 Å². The van der Waals surface area contributed by atoms with Crippen LogP contribution in [0.15, 0.2) is 25.6 Å². The number of halogens is 1. The Balaban J connectivity index is 1.65. The van der Waals surface area contributed by atoms with E-state index >= 15 is 0 Å². The summed E-state index contributed by atoms with van der Waals surface area (Å²) < 4.78 is 8.09. The van der Waals surface area contributed by atoms with Crippen molar-refractivity contribution in [3.8, 4) is 10.7 Å². The van der Waals surface area contributed by atoms with Crippen LogP contribution in [0.5, 0.6) is 0 Å². The molecule has 0 bridgehead atoms. The maximum atomic E-state index is 5.28. The molecule has 10 heteroatoms. The third kappa shape index (κ3) is 3.73. The summed E-state index contributed by atoms with van der Waals surface area (Å²) in [6.45, 7) is 5.03. The van der Waals surface area contributed by atoms with Gasteiger partial charge in [0.2, 0.25) is 16.9 Å². The van der Waals surface area contributed by atoms with Crippen molar-refractivity contribution in [1.29, 1.82) is 0 Å². The summed E-state index contributed by atoms with van der Waals surface area (Å²) in [6.07, 6.45) is 0. The Kier molecular flexibility index (Phi) is 4.89. The smallest absolute Gasteiger partial charge is 0.237 e. The van der Waals surface area contributed by atoms with Crippen LogP contribution in [-0.4, -0.2) is 30.3 Å². The van der Waals surface area contributed by atoms with Gasteiger partial charge in [-0.25, -0.2) is 4.68 Å². The zero-order chi connectivity index (χ0) is 15.5. The third-order valence-corrected chi connectivity index (χ3v) is 5.25. The number of rotatable bonds is 6. The summed E-state index contributed by atoms with van der Waals surface area (Å²) in [5.41, 5.74) is 0. The van der Waals surface area contributed by atoms with E-state index in [0.29, 0.717) is 23.4 Å². The summed E-state index contributed by atoms with van der Waals surface area (Å²) >= 11 is 6.47. The molecule has 0 atom stereocenters. The van der Waals surface area contributed by atoms with E-state index in [1.165, 1.54) is 11.8 Å². The molecule has 0 saturated carbocycles. The minimum atomic E-state index is 0.482. The van der Waals surface area contributed by atoms with E-state index in [1.807, 2.05) is 11.4 Å². The summed E-state index contributed by atoms with van der Waals surface area (Å²) in [7, 11) is 0. The molecule has 0 aliphatic carbocycles. The van der Waals surface area contributed by atoms with Crippen molar-refractivity contribution in [2.75, 3.05) is 0 Å². The van der Waals surface area contributed by atoms with Crippen LogP contribution in [0.4, 0.5) is 0 Å². The number of aromatic nitrogens is 6. The third-order valence-electron chi connectivity index (χ3n) is 2.62. The Hall–Kier alpha value is -1.26. The topological polar surface area (TPSA) is 82.5 Å². The van der Waals surface area contributed by atoms with Crippen molar-refractivity contribution in [1.82, 2.24) is 30.3 Å². The quantitative estimate of drug-likeness (QED) is 0.585. The zero-order valence-corrected chi connectivity index (χ0v) is 15.2. The van der Waals surface area contributed by atoms with Crippen LogP contribution in [-0.2, 0) is 12.3 Å². The van der Waals surface area contributed by atoms with Gasteiger partial charge in [0.25, 0.3) is 0 Å². The van der Waals surface area contributed by atoms with Gasteiger partial charge in [-0.2, -0.15) is 4.98 Å². The van der Waals surface area contributed by atoms with Gasteiger partial charge in [-0.3, -0.25) is 0 Å². The Labute approximate surface area is 143 Å². The van der Waals surface area contributed by atoms with Crippen molar-refractivity contribution >= 4 is 39.0 Å². The molecule has 3 heterocycles. The van der Waals surface area contributed by atoms with Crippen molar-refractivity contribution in [3.05, 3.63) is 21.8 Å². The first-order chi connectivity index (χ1) is 10.6. The average Bonchev–Trinajstić information content (AvgIpc) is 3.16. The lowest BCUT2D eigenvalue weighted by molar-refractivity contribution is 0.391. The van der Waals surface area contributed by atoms with E-state index in [-0.39, 0.29) is 0 Å². The Morgan fingerprint density at radius 1 is 1.45 bits per heavy atom. The van der Waals surface area contributed by atoms with Crippen molar-refractivity contribution in [2.45, 2.75) is 31.3 Å². The number of nitrogens with zero attached hydrogens (tertiary/aromatic N) is 6. The van der Waals surface area contributed by atoms with E-state index in [9.17, 15) is 0 Å². The van der Waals surface area contributed by atoms with Gasteiger partial charge < -0.3 is 4.52 Å². The van der Waals surface area contributed by atoms with Crippen LogP contribution in [0.1, 0.15) is 19.7 Å². The summed E-state index contributed by atoms with van der Waals surface area (Å²) in [4.78, 5) is 5.37. The molecule has 0 amide bonds. The molecule has 0 unspecified atom stereocenters. The van der Waals surface area contributed by atoms with Crippen molar-refractivity contribution in [2.24, 2.45) is 5.92 Å². The van der Waals surface area contributed by atoms with Gasteiger partial charge in [-0.1, -0.05) is 30.8 Å². The van der Waals surface area contributed by atoms with Crippen LogP contribution < -0.4 is 0 Å². The first kappa shape index (κ1) is 15.6. The lowest BCUT2D eigenvalue weighted by atomic mass is 10.2. The van der Waals surface area contributed by atoms with Gasteiger partial charge in [0, 0.05) is 16.4 Å². The van der Waals surface area contributed by atoms with Gasteiger partial charge in [0.1, 0.15) is 0 Å². The molecule has 0 N–H and O–H groups in total. The van der Waals surface area contributed by atoms with Gasteiger partial charge in [-0.15, -0.1) is 16.4 Å². The van der Waals surface area contributed by atoms with Gasteiger partial charge in [-0.05, 0) is 38.3 Å². The molecular weight excluding hydrogens is 388 g/mol. The molecule has 3 aromatic rings. The highest BCUT2D eigenvalue weighted by molar-refractivity contribution is 9.10. The van der Waals surface area contributed by atoms with Crippen LogP contribution in [0.25, 0.3) is 10.7 Å². The molecule has 3 rings (SSSR count). The highest BCUT2D eigenvalue weighted by Gasteiger charge is 2.13. The van der Waals surface area contributed by atoms with E-state index in [1.54, 1.807) is 16.0 Å². The zero-order valence-electron chi connectivity index (χ0n) is 11.9. The number of hydrogen-bond acceptors (Lipinski definition) is 8. The molecule has 0 aliphatic heterocycles. The van der Waals surface area contributed by atoms with Gasteiger partial charge in [0.15, 0.2) is 0 Å². The largest absolute Gasteiger partial charge is 0.338 e. The van der Waals surface area contributed by atoms with E-state index < -0.39 is 0 Å².